The van der Waals surface area contributed by atoms with Gasteiger partial charge in [0.05, 0.1) is 5.69 Å². The van der Waals surface area contributed by atoms with Gasteiger partial charge in [0.2, 0.25) is 5.13 Å². The van der Waals surface area contributed by atoms with Crippen LogP contribution in [0.15, 0.2) is 70.2 Å². The van der Waals surface area contributed by atoms with E-state index in [-0.39, 0.29) is 10.9 Å². The van der Waals surface area contributed by atoms with Crippen molar-refractivity contribution in [2.24, 2.45) is 0 Å². The van der Waals surface area contributed by atoms with Gasteiger partial charge in [0.1, 0.15) is 22.1 Å². The van der Waals surface area contributed by atoms with E-state index in [9.17, 15) is 12.8 Å². The maximum absolute atomic E-state index is 15.0. The molecule has 0 saturated carbocycles. The Morgan fingerprint density at radius 2 is 1.92 bits per heavy atom. The maximum Gasteiger partial charge on any atom is 0.266 e. The van der Waals surface area contributed by atoms with Crippen LogP contribution in [-0.4, -0.2) is 34.3 Å². The molecule has 1 N–H and O–H groups in total. The molecule has 0 radical (unpaired) electrons. The third-order valence-electron chi connectivity index (χ3n) is 4.94. The van der Waals surface area contributed by atoms with Gasteiger partial charge in [0, 0.05) is 35.1 Å². The van der Waals surface area contributed by atoms with Crippen molar-refractivity contribution in [3.05, 3.63) is 77.6 Å². The Kier molecular flexibility index (Phi) is 6.55. The van der Waals surface area contributed by atoms with Crippen LogP contribution < -0.4 is 9.46 Å². The van der Waals surface area contributed by atoms with Crippen molar-refractivity contribution < 1.29 is 21.9 Å². The zero-order valence-corrected chi connectivity index (χ0v) is 21.4. The van der Waals surface area contributed by atoms with E-state index in [0.29, 0.717) is 38.4 Å². The number of fused-ring (bicyclic) bond motifs is 1. The van der Waals surface area contributed by atoms with Crippen molar-refractivity contribution in [1.29, 1.82) is 0 Å². The summed E-state index contributed by atoms with van der Waals surface area (Å²) in [6, 6.07) is 11.3. The molecule has 14 heteroatoms. The molecule has 0 saturated heterocycles. The summed E-state index contributed by atoms with van der Waals surface area (Å²) < 4.78 is 65.4. The summed E-state index contributed by atoms with van der Waals surface area (Å²) in [5, 5.41) is 7.78. The fourth-order valence-electron chi connectivity index (χ4n) is 3.37. The number of pyridine rings is 1. The average molecular weight is 566 g/mol. The van der Waals surface area contributed by atoms with Crippen LogP contribution in [0.3, 0.4) is 0 Å². The highest BCUT2D eigenvalue weighted by molar-refractivity contribution is 8.00. The molecule has 0 aliphatic heterocycles. The van der Waals surface area contributed by atoms with Crippen molar-refractivity contribution in [1.82, 2.24) is 19.6 Å². The molecule has 3 aromatic heterocycles. The van der Waals surface area contributed by atoms with E-state index in [2.05, 4.69) is 19.9 Å². The largest absolute Gasteiger partial charge is 0.453 e. The number of aromatic nitrogens is 4. The Morgan fingerprint density at radius 3 is 2.69 bits per heavy atom. The van der Waals surface area contributed by atoms with Crippen LogP contribution in [-0.2, 0) is 10.0 Å². The van der Waals surface area contributed by atoms with Crippen molar-refractivity contribution in [2.45, 2.75) is 9.24 Å². The summed E-state index contributed by atoms with van der Waals surface area (Å²) in [5.41, 5.74) is 1.80. The highest BCUT2D eigenvalue weighted by atomic mass is 35.5. The van der Waals surface area contributed by atoms with E-state index in [1.807, 2.05) is 0 Å². The lowest BCUT2D eigenvalue weighted by molar-refractivity contribution is 0.433. The van der Waals surface area contributed by atoms with Gasteiger partial charge in [-0.05, 0) is 36.6 Å². The number of sulfonamides is 1. The smallest absolute Gasteiger partial charge is 0.266 e. The molecule has 8 nitrogen and oxygen atoms in total. The van der Waals surface area contributed by atoms with E-state index in [1.54, 1.807) is 47.3 Å². The highest BCUT2D eigenvalue weighted by Gasteiger charge is 2.25. The van der Waals surface area contributed by atoms with Gasteiger partial charge in [-0.1, -0.05) is 40.8 Å². The summed E-state index contributed by atoms with van der Waals surface area (Å²) in [6.45, 7) is 0. The standard InChI is InChI=1S/C22H14ClF2N5O3S3/c1-34-22-28-27-21(35-22)29-36(31,32)19-11-14(24)18(10-15(19)25)33-17-6-5-12(23)9-13(17)16-3-2-4-20-26-7-8-30(16)20/h2-11H,1H3,(H,27,29). The van der Waals surface area contributed by atoms with Crippen LogP contribution in [0.2, 0.25) is 5.02 Å². The zero-order chi connectivity index (χ0) is 25.4. The van der Waals surface area contributed by atoms with Crippen molar-refractivity contribution in [3.8, 4) is 22.8 Å². The monoisotopic (exact) mass is 565 g/mol. The fourth-order valence-corrected chi connectivity index (χ4v) is 6.02. The predicted molar refractivity (Wildman–Crippen MR) is 135 cm³/mol. The molecule has 0 fully saturated rings. The van der Waals surface area contributed by atoms with Crippen LogP contribution in [0.5, 0.6) is 11.5 Å². The average Bonchev–Trinajstić information content (AvgIpc) is 3.51. The molecule has 0 amide bonds. The zero-order valence-electron chi connectivity index (χ0n) is 18.1. The molecular formula is C22H14ClF2N5O3S3. The van der Waals surface area contributed by atoms with Gasteiger partial charge in [0.15, 0.2) is 15.9 Å². The number of thioether (sulfide) groups is 1. The molecule has 0 atom stereocenters. The summed E-state index contributed by atoms with van der Waals surface area (Å²) in [5.74, 6) is -2.62. The molecule has 5 aromatic rings. The molecule has 0 aliphatic carbocycles. The van der Waals surface area contributed by atoms with E-state index < -0.39 is 32.3 Å². The predicted octanol–water partition coefficient (Wildman–Crippen LogP) is 6.10. The SMILES string of the molecule is CSc1nnc(NS(=O)(=O)c2cc(F)c(Oc3ccc(Cl)cc3-c3cccc4nccn34)cc2F)s1. The molecule has 0 spiro atoms. The van der Waals surface area contributed by atoms with Gasteiger partial charge in [-0.3, -0.25) is 9.12 Å². The highest BCUT2D eigenvalue weighted by Crippen LogP contribution is 2.37. The second-order valence-corrected chi connectivity index (χ2v) is 11.3. The number of halogens is 3. The number of imidazole rings is 1. The van der Waals surface area contributed by atoms with Gasteiger partial charge >= 0.3 is 0 Å². The number of benzene rings is 2. The van der Waals surface area contributed by atoms with E-state index >= 15 is 4.39 Å². The molecule has 0 bridgehead atoms. The first-order valence-electron chi connectivity index (χ1n) is 10.0. The van der Waals surface area contributed by atoms with Crippen LogP contribution >= 0.6 is 34.7 Å². The summed E-state index contributed by atoms with van der Waals surface area (Å²) in [6.07, 6.45) is 5.10. The van der Waals surface area contributed by atoms with Gasteiger partial charge in [-0.15, -0.1) is 10.2 Å². The molecule has 2 aromatic carbocycles. The minimum atomic E-state index is -4.48. The number of nitrogens with zero attached hydrogens (tertiary/aromatic N) is 4. The minimum absolute atomic E-state index is 0.0704. The van der Waals surface area contributed by atoms with E-state index in [1.165, 1.54) is 23.9 Å². The van der Waals surface area contributed by atoms with E-state index in [0.717, 1.165) is 11.3 Å². The number of ether oxygens (including phenoxy) is 1. The van der Waals surface area contributed by atoms with Crippen molar-refractivity contribution in [2.75, 3.05) is 11.0 Å². The quantitative estimate of drug-likeness (QED) is 0.238. The Bertz CT molecular complexity index is 1710. The van der Waals surface area contributed by atoms with Crippen LogP contribution in [0.4, 0.5) is 13.9 Å². The molecule has 0 unspecified atom stereocenters. The topological polar surface area (TPSA) is 98.5 Å². The number of anilines is 1. The normalized spacial score (nSPS) is 11.7. The lowest BCUT2D eigenvalue weighted by Gasteiger charge is -2.15. The van der Waals surface area contributed by atoms with Crippen LogP contribution in [0.25, 0.3) is 16.9 Å². The fraction of sp³-hybridized carbons (Fsp3) is 0.0455. The summed E-state index contributed by atoms with van der Waals surface area (Å²) >= 11 is 8.43. The van der Waals surface area contributed by atoms with Gasteiger partial charge in [-0.2, -0.15) is 0 Å². The maximum atomic E-state index is 15.0. The molecule has 5 rings (SSSR count). The number of nitrogens with one attached hydrogen (secondary N) is 1. The van der Waals surface area contributed by atoms with E-state index in [4.69, 9.17) is 16.3 Å². The second-order valence-electron chi connectivity index (χ2n) is 7.20. The first kappa shape index (κ1) is 24.4. The van der Waals surface area contributed by atoms with Crippen LogP contribution in [0.1, 0.15) is 0 Å². The Labute approximate surface area is 217 Å². The molecule has 184 valence electrons. The van der Waals surface area contributed by atoms with Gasteiger partial charge in [-0.25, -0.2) is 22.2 Å². The molecule has 3 heterocycles. The third kappa shape index (κ3) is 4.74. The lowest BCUT2D eigenvalue weighted by atomic mass is 10.1. The minimum Gasteiger partial charge on any atom is -0.453 e. The summed E-state index contributed by atoms with van der Waals surface area (Å²) in [4.78, 5) is 3.35. The van der Waals surface area contributed by atoms with Crippen molar-refractivity contribution in [3.63, 3.8) is 0 Å². The Morgan fingerprint density at radius 1 is 1.08 bits per heavy atom. The lowest BCUT2D eigenvalue weighted by Crippen LogP contribution is -2.15. The van der Waals surface area contributed by atoms with Crippen molar-refractivity contribution >= 4 is 55.5 Å². The first-order valence-corrected chi connectivity index (χ1v) is 13.9. The Balaban J connectivity index is 1.50. The first-order chi connectivity index (χ1) is 17.2. The van der Waals surface area contributed by atoms with Crippen LogP contribution in [0, 0.1) is 11.6 Å². The number of hydrogen-bond donors (Lipinski definition) is 1. The van der Waals surface area contributed by atoms with Gasteiger partial charge in [0.25, 0.3) is 10.0 Å². The van der Waals surface area contributed by atoms with Gasteiger partial charge < -0.3 is 4.74 Å². The number of hydrogen-bond acceptors (Lipinski definition) is 8. The summed E-state index contributed by atoms with van der Waals surface area (Å²) in [7, 11) is -4.48. The number of rotatable bonds is 7. The third-order valence-corrected chi connectivity index (χ3v) is 8.48. The Hall–Kier alpha value is -3.26. The molecular weight excluding hydrogens is 552 g/mol. The second kappa shape index (κ2) is 9.65. The molecule has 0 aliphatic rings. The molecule has 36 heavy (non-hydrogen) atoms.